The Morgan fingerprint density at radius 1 is 1.09 bits per heavy atom. The van der Waals surface area contributed by atoms with Gasteiger partial charge < -0.3 is 19.9 Å². The predicted octanol–water partition coefficient (Wildman–Crippen LogP) is 4.51. The molecule has 0 atom stereocenters. The molecule has 0 aliphatic carbocycles. The molecule has 2 N–H and O–H groups in total. The third-order valence-electron chi connectivity index (χ3n) is 4.79. The molecule has 1 heterocycles. The van der Waals surface area contributed by atoms with Gasteiger partial charge in [0.2, 0.25) is 5.82 Å². The maximum Gasteiger partial charge on any atom is 0.471 e. The lowest BCUT2D eigenvalue weighted by molar-refractivity contribution is -0.159. The van der Waals surface area contributed by atoms with Gasteiger partial charge in [-0.15, -0.1) is 0 Å². The Kier molecular flexibility index (Phi) is 6.00. The van der Waals surface area contributed by atoms with Crippen LogP contribution in [0.2, 0.25) is 5.02 Å². The van der Waals surface area contributed by atoms with Gasteiger partial charge in [-0.1, -0.05) is 35.0 Å². The maximum absolute atomic E-state index is 14.6. The number of para-hydroxylation sites is 1. The summed E-state index contributed by atoms with van der Waals surface area (Å²) in [6, 6.07) is 8.29. The van der Waals surface area contributed by atoms with Crippen molar-refractivity contribution >= 4 is 28.7 Å². The van der Waals surface area contributed by atoms with E-state index in [0.717, 1.165) is 6.07 Å². The fourth-order valence-electron chi connectivity index (χ4n) is 3.07. The topological polar surface area (TPSA) is 106 Å². The van der Waals surface area contributed by atoms with E-state index in [1.807, 2.05) is 0 Å². The van der Waals surface area contributed by atoms with Crippen LogP contribution in [0.25, 0.3) is 11.4 Å². The molecule has 34 heavy (non-hydrogen) atoms. The third-order valence-corrected chi connectivity index (χ3v) is 5.11. The Hall–Kier alpha value is -3.93. The second kappa shape index (κ2) is 8.78. The summed E-state index contributed by atoms with van der Waals surface area (Å²) >= 11 is 6.14. The van der Waals surface area contributed by atoms with E-state index in [2.05, 4.69) is 25.3 Å². The van der Waals surface area contributed by atoms with Crippen molar-refractivity contribution in [3.8, 4) is 17.1 Å². The molecule has 0 aliphatic heterocycles. The molecule has 0 unspecified atom stereocenters. The molecule has 1 aromatic heterocycles. The van der Waals surface area contributed by atoms with E-state index in [0.29, 0.717) is 5.75 Å². The lowest BCUT2D eigenvalue weighted by Crippen LogP contribution is -2.36. The van der Waals surface area contributed by atoms with Crippen molar-refractivity contribution in [2.45, 2.75) is 12.7 Å². The first kappa shape index (κ1) is 23.2. The number of benzene rings is 2. The lowest BCUT2D eigenvalue weighted by atomic mass is 10.1. The summed E-state index contributed by atoms with van der Waals surface area (Å²) in [6.07, 6.45) is -4.83. The van der Waals surface area contributed by atoms with Gasteiger partial charge in [-0.05, 0) is 18.2 Å². The number of aromatic nitrogens is 2. The molecular formula is C21H13ClF4N4O4. The lowest BCUT2D eigenvalue weighted by Gasteiger charge is -2.17. The highest BCUT2D eigenvalue weighted by atomic mass is 35.5. The van der Waals surface area contributed by atoms with Crippen molar-refractivity contribution in [3.05, 3.63) is 79.1 Å². The van der Waals surface area contributed by atoms with Crippen LogP contribution in [0.5, 0.6) is 5.75 Å². The molecule has 176 valence electrons. The summed E-state index contributed by atoms with van der Waals surface area (Å²) in [5.74, 6) is -2.45. The summed E-state index contributed by atoms with van der Waals surface area (Å²) in [4.78, 5) is 27.3. The van der Waals surface area contributed by atoms with Crippen molar-refractivity contribution in [1.82, 2.24) is 10.1 Å². The Balaban J connectivity index is 1.52. The predicted molar refractivity (Wildman–Crippen MR) is 115 cm³/mol. The van der Waals surface area contributed by atoms with Crippen LogP contribution in [0.3, 0.4) is 0 Å². The van der Waals surface area contributed by atoms with E-state index in [4.69, 9.17) is 16.3 Å². The number of hydrogen-bond donors (Lipinski definition) is 2. The van der Waals surface area contributed by atoms with Crippen LogP contribution in [0, 0.1) is 5.82 Å². The molecule has 0 fully saturated rings. The molecular weight excluding hydrogens is 484 g/mol. The zero-order valence-electron chi connectivity index (χ0n) is 17.1. The number of ether oxygens (including phenoxy) is 1. The van der Waals surface area contributed by atoms with Crippen LogP contribution >= 0.6 is 11.6 Å². The average Bonchev–Trinajstić information content (AvgIpc) is 3.31. The van der Waals surface area contributed by atoms with Gasteiger partial charge in [0.25, 0.3) is 10.9 Å². The van der Waals surface area contributed by atoms with Gasteiger partial charge in [-0.2, -0.15) is 18.2 Å². The average molecular weight is 497 g/mol. The summed E-state index contributed by atoms with van der Waals surface area (Å²) < 4.78 is 61.7. The molecule has 3 aromatic carbocycles. The third kappa shape index (κ3) is 4.31. The minimum atomic E-state index is -4.83. The molecule has 13 heteroatoms. The van der Waals surface area contributed by atoms with Crippen LogP contribution < -0.4 is 26.2 Å². The zero-order valence-corrected chi connectivity index (χ0v) is 17.8. The number of alkyl halides is 3. The number of anilines is 3. The number of halogens is 5. The largest absolute Gasteiger partial charge is 0.495 e. The van der Waals surface area contributed by atoms with Crippen molar-refractivity contribution in [1.29, 1.82) is 0 Å². The second-order valence-corrected chi connectivity index (χ2v) is 7.34. The van der Waals surface area contributed by atoms with Gasteiger partial charge in [0.05, 0.1) is 12.1 Å². The summed E-state index contributed by atoms with van der Waals surface area (Å²) in [6.45, 7) is -0.203. The molecule has 0 bridgehead atoms. The van der Waals surface area contributed by atoms with Gasteiger partial charge in [0.15, 0.2) is 0 Å². The molecule has 8 nitrogen and oxygen atoms in total. The van der Waals surface area contributed by atoms with E-state index < -0.39 is 34.6 Å². The molecule has 0 aliphatic rings. The SMILES string of the molecule is COc1cccc(Cl)c1Nc1c(NCc2ccc(-c3noc(C(F)(F)F)n3)cc2F)c(=O)c1=O. The first-order valence-corrected chi connectivity index (χ1v) is 9.84. The van der Waals surface area contributed by atoms with Gasteiger partial charge >= 0.3 is 12.1 Å². The highest BCUT2D eigenvalue weighted by Crippen LogP contribution is 2.35. The monoisotopic (exact) mass is 496 g/mol. The normalized spacial score (nSPS) is 11.6. The zero-order chi connectivity index (χ0) is 24.6. The van der Waals surface area contributed by atoms with E-state index in [1.165, 1.54) is 19.2 Å². The van der Waals surface area contributed by atoms with Gasteiger partial charge in [-0.3, -0.25) is 9.59 Å². The molecule has 4 aromatic rings. The van der Waals surface area contributed by atoms with E-state index >= 15 is 0 Å². The summed E-state index contributed by atoms with van der Waals surface area (Å²) in [5.41, 5.74) is -1.45. The number of nitrogens with zero attached hydrogens (tertiary/aromatic N) is 2. The van der Waals surface area contributed by atoms with Crippen LogP contribution in [0.1, 0.15) is 11.5 Å². The van der Waals surface area contributed by atoms with Gasteiger partial charge in [0.1, 0.15) is 28.6 Å². The molecule has 0 amide bonds. The molecule has 0 saturated carbocycles. The minimum absolute atomic E-state index is 0.0391. The Labute approximate surface area is 192 Å². The standard InChI is InChI=1S/C21H13ClF4N4O4/c1-33-13-4-2-3-11(22)14(13)28-16-15(17(31)18(16)32)27-8-10-6-5-9(7-12(10)23)19-29-20(34-30-19)21(24,25)26/h2-7,27-28H,8H2,1H3. The highest BCUT2D eigenvalue weighted by molar-refractivity contribution is 6.33. The van der Waals surface area contributed by atoms with Crippen molar-refractivity contribution in [3.63, 3.8) is 0 Å². The van der Waals surface area contributed by atoms with E-state index in [9.17, 15) is 27.2 Å². The second-order valence-electron chi connectivity index (χ2n) is 6.93. The smallest absolute Gasteiger partial charge is 0.471 e. The van der Waals surface area contributed by atoms with Crippen molar-refractivity contribution in [2.24, 2.45) is 0 Å². The van der Waals surface area contributed by atoms with Crippen LogP contribution in [-0.2, 0) is 12.7 Å². The first-order chi connectivity index (χ1) is 16.1. The quantitative estimate of drug-likeness (QED) is 0.284. The summed E-state index contributed by atoms with van der Waals surface area (Å²) in [7, 11) is 1.41. The van der Waals surface area contributed by atoms with E-state index in [1.54, 1.807) is 18.2 Å². The Morgan fingerprint density at radius 2 is 1.82 bits per heavy atom. The van der Waals surface area contributed by atoms with E-state index in [-0.39, 0.29) is 39.8 Å². The summed E-state index contributed by atoms with van der Waals surface area (Å²) in [5, 5.41) is 8.91. The number of nitrogens with one attached hydrogen (secondary N) is 2. The number of rotatable bonds is 7. The first-order valence-electron chi connectivity index (χ1n) is 9.46. The number of hydrogen-bond acceptors (Lipinski definition) is 8. The molecule has 4 rings (SSSR count). The minimum Gasteiger partial charge on any atom is -0.495 e. The van der Waals surface area contributed by atoms with Gasteiger partial charge in [0, 0.05) is 17.7 Å². The molecule has 0 saturated heterocycles. The highest BCUT2D eigenvalue weighted by Gasteiger charge is 2.38. The molecule has 0 radical (unpaired) electrons. The maximum atomic E-state index is 14.6. The Morgan fingerprint density at radius 3 is 2.47 bits per heavy atom. The fourth-order valence-corrected chi connectivity index (χ4v) is 3.28. The van der Waals surface area contributed by atoms with Gasteiger partial charge in [-0.25, -0.2) is 4.39 Å². The van der Waals surface area contributed by atoms with Crippen LogP contribution in [0.4, 0.5) is 34.6 Å². The van der Waals surface area contributed by atoms with Crippen molar-refractivity contribution in [2.75, 3.05) is 17.7 Å². The fraction of sp³-hybridized carbons (Fsp3) is 0.143. The van der Waals surface area contributed by atoms with Crippen LogP contribution in [0.15, 0.2) is 50.5 Å². The van der Waals surface area contributed by atoms with Crippen molar-refractivity contribution < 1.29 is 26.8 Å². The Bertz CT molecular complexity index is 1440. The molecule has 0 spiro atoms. The number of methoxy groups -OCH3 is 1. The van der Waals surface area contributed by atoms with Crippen LogP contribution in [-0.4, -0.2) is 17.3 Å².